The number of nitrogens with one attached hydrogen (secondary N) is 1. The summed E-state index contributed by atoms with van der Waals surface area (Å²) in [7, 11) is -3.55. The molecule has 1 heterocycles. The minimum atomic E-state index is -3.55. The molecule has 0 spiro atoms. The van der Waals surface area contributed by atoms with Crippen molar-refractivity contribution in [3.05, 3.63) is 71.5 Å². The predicted octanol–water partition coefficient (Wildman–Crippen LogP) is 8.92. The van der Waals surface area contributed by atoms with E-state index in [-0.39, 0.29) is 28.6 Å². The molecule has 59 heavy (non-hydrogen) atoms. The zero-order valence-corrected chi connectivity index (χ0v) is 37.1. The number of nitrogens with zero attached hydrogens (tertiary/aromatic N) is 3. The SMILES string of the molecule is CC(C)S(=O)(=O)c1ccc(-c2cnc(N(C(=O)OC(C)(C)C)C(=O)OC(C)(C)C)c(C#Cc3ccc(C(CNC(=O)OC(C)(C)C)OC(=O)OC(C)(C)C)cc3)n2)cc1. The maximum Gasteiger partial charge on any atom is 0.509 e. The zero-order valence-electron chi connectivity index (χ0n) is 36.3. The van der Waals surface area contributed by atoms with Crippen molar-refractivity contribution < 1.29 is 51.3 Å². The maximum absolute atomic E-state index is 13.6. The molecule has 0 aliphatic rings. The first-order chi connectivity index (χ1) is 26.9. The number of rotatable bonds is 8. The van der Waals surface area contributed by atoms with Crippen molar-refractivity contribution in [3.8, 4) is 23.1 Å². The van der Waals surface area contributed by atoms with Crippen molar-refractivity contribution in [3.63, 3.8) is 0 Å². The number of ether oxygens (including phenoxy) is 5. The van der Waals surface area contributed by atoms with Gasteiger partial charge in [0, 0.05) is 11.1 Å². The van der Waals surface area contributed by atoms with Gasteiger partial charge < -0.3 is 29.0 Å². The molecule has 1 N–H and O–H groups in total. The molecule has 0 radical (unpaired) electrons. The van der Waals surface area contributed by atoms with Crippen molar-refractivity contribution in [1.29, 1.82) is 0 Å². The Morgan fingerprint density at radius 1 is 0.712 bits per heavy atom. The predicted molar refractivity (Wildman–Crippen MR) is 221 cm³/mol. The molecule has 16 heteroatoms. The number of aromatic nitrogens is 2. The molecule has 3 rings (SSSR count). The number of hydrogen-bond acceptors (Lipinski definition) is 13. The van der Waals surface area contributed by atoms with Gasteiger partial charge in [-0.1, -0.05) is 30.2 Å². The van der Waals surface area contributed by atoms with Gasteiger partial charge in [-0.3, -0.25) is 0 Å². The molecule has 1 unspecified atom stereocenters. The first-order valence-electron chi connectivity index (χ1n) is 18.9. The van der Waals surface area contributed by atoms with E-state index in [0.29, 0.717) is 21.6 Å². The van der Waals surface area contributed by atoms with Gasteiger partial charge in [-0.15, -0.1) is 0 Å². The summed E-state index contributed by atoms with van der Waals surface area (Å²) in [5, 5.41) is 1.98. The van der Waals surface area contributed by atoms with Crippen LogP contribution in [0.1, 0.15) is 120 Å². The van der Waals surface area contributed by atoms with Crippen molar-refractivity contribution in [2.75, 3.05) is 11.4 Å². The lowest BCUT2D eigenvalue weighted by atomic mass is 10.1. The summed E-state index contributed by atoms with van der Waals surface area (Å²) in [5.74, 6) is 5.62. The Balaban J connectivity index is 2.15. The third-order valence-electron chi connectivity index (χ3n) is 7.28. The van der Waals surface area contributed by atoms with Crippen molar-refractivity contribution >= 4 is 40.1 Å². The molecule has 1 aromatic heterocycles. The highest BCUT2D eigenvalue weighted by Gasteiger charge is 2.36. The van der Waals surface area contributed by atoms with Crippen molar-refractivity contribution in [1.82, 2.24) is 15.3 Å². The average molecular weight is 837 g/mol. The quantitative estimate of drug-likeness (QED) is 0.129. The first kappa shape index (κ1) is 47.7. The first-order valence-corrected chi connectivity index (χ1v) is 20.4. The third-order valence-corrected chi connectivity index (χ3v) is 9.45. The van der Waals surface area contributed by atoms with Gasteiger partial charge in [0.15, 0.2) is 21.3 Å². The molecule has 0 aliphatic carbocycles. The van der Waals surface area contributed by atoms with E-state index in [1.807, 2.05) is 0 Å². The fraction of sp³-hybridized carbons (Fsp3) is 0.488. The molecule has 0 saturated carbocycles. The number of benzene rings is 2. The van der Waals surface area contributed by atoms with Gasteiger partial charge in [0.05, 0.1) is 28.6 Å². The molecule has 3 amide bonds. The highest BCUT2D eigenvalue weighted by Crippen LogP contribution is 2.28. The second kappa shape index (κ2) is 18.5. The fourth-order valence-electron chi connectivity index (χ4n) is 4.74. The van der Waals surface area contributed by atoms with Crippen LogP contribution >= 0.6 is 0 Å². The second-order valence-electron chi connectivity index (χ2n) is 17.7. The molecule has 0 fully saturated rings. The lowest BCUT2D eigenvalue weighted by Gasteiger charge is -2.28. The maximum atomic E-state index is 13.6. The Morgan fingerprint density at radius 3 is 1.69 bits per heavy atom. The van der Waals surface area contributed by atoms with E-state index in [4.69, 9.17) is 23.7 Å². The summed E-state index contributed by atoms with van der Waals surface area (Å²) in [5.41, 5.74) is -2.06. The monoisotopic (exact) mass is 836 g/mol. The van der Waals surface area contributed by atoms with Gasteiger partial charge in [-0.05, 0) is 133 Å². The van der Waals surface area contributed by atoms with E-state index in [0.717, 1.165) is 0 Å². The van der Waals surface area contributed by atoms with E-state index in [1.54, 1.807) is 133 Å². The van der Waals surface area contributed by atoms with Crippen LogP contribution in [0.25, 0.3) is 11.3 Å². The molecular formula is C43H56N4O11S. The molecule has 2 aromatic carbocycles. The van der Waals surface area contributed by atoms with Crippen molar-refractivity contribution in [2.45, 2.75) is 136 Å². The lowest BCUT2D eigenvalue weighted by molar-refractivity contribution is -0.0281. The van der Waals surface area contributed by atoms with Gasteiger partial charge in [-0.25, -0.2) is 37.6 Å². The average Bonchev–Trinajstić information content (AvgIpc) is 3.06. The molecule has 1 atom stereocenters. The van der Waals surface area contributed by atoms with Crippen LogP contribution < -0.4 is 10.2 Å². The van der Waals surface area contributed by atoms with Crippen LogP contribution in [0.3, 0.4) is 0 Å². The zero-order chi connectivity index (χ0) is 44.7. The Bertz CT molecular complexity index is 2140. The number of carbonyl (C=O) groups excluding carboxylic acids is 4. The van der Waals surface area contributed by atoms with Crippen LogP contribution in [0.15, 0.2) is 59.6 Å². The summed E-state index contributed by atoms with van der Waals surface area (Å²) < 4.78 is 53.0. The van der Waals surface area contributed by atoms with Crippen molar-refractivity contribution in [2.24, 2.45) is 0 Å². The Hall–Kier alpha value is -5.69. The number of sulfone groups is 1. The summed E-state index contributed by atoms with van der Waals surface area (Å²) in [6.45, 7) is 23.1. The topological polar surface area (TPSA) is 190 Å². The van der Waals surface area contributed by atoms with Gasteiger partial charge in [0.25, 0.3) is 0 Å². The van der Waals surface area contributed by atoms with E-state index in [1.165, 1.54) is 18.3 Å². The van der Waals surface area contributed by atoms with E-state index < -0.39 is 68.0 Å². The van der Waals surface area contributed by atoms with E-state index in [9.17, 15) is 27.6 Å². The number of imide groups is 1. The summed E-state index contributed by atoms with van der Waals surface area (Å²) >= 11 is 0. The summed E-state index contributed by atoms with van der Waals surface area (Å²) in [4.78, 5) is 62.2. The highest BCUT2D eigenvalue weighted by atomic mass is 32.2. The lowest BCUT2D eigenvalue weighted by Crippen LogP contribution is -2.44. The van der Waals surface area contributed by atoms with Crippen LogP contribution in [0.2, 0.25) is 0 Å². The van der Waals surface area contributed by atoms with Crippen LogP contribution in [-0.4, -0.2) is 77.0 Å². The number of anilines is 1. The Labute approximate surface area is 347 Å². The second-order valence-corrected chi connectivity index (χ2v) is 20.2. The highest BCUT2D eigenvalue weighted by molar-refractivity contribution is 7.92. The van der Waals surface area contributed by atoms with E-state index >= 15 is 0 Å². The molecule has 3 aromatic rings. The number of hydrogen-bond donors (Lipinski definition) is 1. The fourth-order valence-corrected chi connectivity index (χ4v) is 5.80. The third kappa shape index (κ3) is 15.2. The molecule has 0 bridgehead atoms. The largest absolute Gasteiger partial charge is 0.509 e. The number of amides is 3. The molecular weight excluding hydrogens is 781 g/mol. The number of carbonyl (C=O) groups is 4. The van der Waals surface area contributed by atoms with Crippen LogP contribution in [0.5, 0.6) is 0 Å². The minimum absolute atomic E-state index is 0.116. The Kier molecular flexibility index (Phi) is 14.9. The Morgan fingerprint density at radius 2 is 1.22 bits per heavy atom. The van der Waals surface area contributed by atoms with Gasteiger partial charge in [0.2, 0.25) is 0 Å². The summed E-state index contributed by atoms with van der Waals surface area (Å²) in [6, 6.07) is 12.6. The van der Waals surface area contributed by atoms with Crippen LogP contribution in [0, 0.1) is 11.8 Å². The molecule has 0 saturated heterocycles. The van der Waals surface area contributed by atoms with E-state index in [2.05, 4.69) is 27.1 Å². The molecule has 15 nitrogen and oxygen atoms in total. The summed E-state index contributed by atoms with van der Waals surface area (Å²) in [6.07, 6.45) is -3.48. The molecule has 320 valence electrons. The standard InChI is InChI=1S/C43H56N4O11S/c1-27(2)59(52,53)31-22-20-29(21-23-31)33-25-44-35(47(37(49)56-41(6,7)8)38(50)57-42(9,10)11)32(46-33)24-17-28-15-18-30(19-16-28)34(54-39(51)58-43(12,13)14)26-45-36(48)55-40(3,4)5/h15-16,18-23,25,27,34H,26H2,1-14H3,(H,45,48). The minimum Gasteiger partial charge on any atom is -0.444 e. The smallest absolute Gasteiger partial charge is 0.444 e. The van der Waals surface area contributed by atoms with Crippen LogP contribution in [-0.2, 0) is 33.5 Å². The molecule has 0 aliphatic heterocycles. The normalized spacial score (nSPS) is 12.7. The van der Waals surface area contributed by atoms with Crippen LogP contribution in [0.4, 0.5) is 25.0 Å². The van der Waals surface area contributed by atoms with Gasteiger partial charge >= 0.3 is 24.4 Å². The van der Waals surface area contributed by atoms with Gasteiger partial charge in [-0.2, -0.15) is 4.90 Å². The van der Waals surface area contributed by atoms with Gasteiger partial charge in [0.1, 0.15) is 28.5 Å². The number of alkyl carbamates (subject to hydrolysis) is 1.